The first-order valence-electron chi connectivity index (χ1n) is 6.79. The van der Waals surface area contributed by atoms with Gasteiger partial charge in [-0.3, -0.25) is 10.1 Å². The van der Waals surface area contributed by atoms with Crippen molar-refractivity contribution in [2.75, 3.05) is 14.2 Å². The van der Waals surface area contributed by atoms with Crippen LogP contribution in [0.2, 0.25) is 0 Å². The van der Waals surface area contributed by atoms with Crippen LogP contribution in [0.1, 0.15) is 5.56 Å². The summed E-state index contributed by atoms with van der Waals surface area (Å²) in [6.45, 7) is -0.0194. The second kappa shape index (κ2) is 6.93. The molecule has 0 saturated carbocycles. The third-order valence-corrected chi connectivity index (χ3v) is 5.19. The lowest BCUT2D eigenvalue weighted by atomic mass is 10.2. The van der Waals surface area contributed by atoms with E-state index >= 15 is 0 Å². The van der Waals surface area contributed by atoms with Crippen LogP contribution in [0.15, 0.2) is 47.4 Å². The summed E-state index contributed by atoms with van der Waals surface area (Å²) >= 11 is 0. The fourth-order valence-corrected chi connectivity index (χ4v) is 3.41. The van der Waals surface area contributed by atoms with Crippen LogP contribution in [-0.4, -0.2) is 31.8 Å². The van der Waals surface area contributed by atoms with Gasteiger partial charge in [-0.15, -0.1) is 0 Å². The van der Waals surface area contributed by atoms with Crippen molar-refractivity contribution in [3.8, 4) is 5.75 Å². The Morgan fingerprint density at radius 3 is 2.38 bits per heavy atom. The van der Waals surface area contributed by atoms with Crippen molar-refractivity contribution in [2.24, 2.45) is 0 Å². The van der Waals surface area contributed by atoms with Gasteiger partial charge in [0.2, 0.25) is 10.0 Å². The first kappa shape index (κ1) is 17.8. The topological polar surface area (TPSA) is 89.7 Å². The fourth-order valence-electron chi connectivity index (χ4n) is 2.08. The molecule has 2 aromatic rings. The molecule has 0 N–H and O–H groups in total. The molecule has 7 nitrogen and oxygen atoms in total. The summed E-state index contributed by atoms with van der Waals surface area (Å²) in [5.74, 6) is -0.420. The van der Waals surface area contributed by atoms with E-state index in [2.05, 4.69) is 0 Å². The highest BCUT2D eigenvalue weighted by Crippen LogP contribution is 2.30. The summed E-state index contributed by atoms with van der Waals surface area (Å²) in [7, 11) is -1.43. The van der Waals surface area contributed by atoms with Gasteiger partial charge in [-0.1, -0.05) is 12.1 Å². The van der Waals surface area contributed by atoms with Gasteiger partial charge in [0, 0.05) is 25.7 Å². The Bertz CT molecular complexity index is 853. The molecule has 0 amide bonds. The summed E-state index contributed by atoms with van der Waals surface area (Å²) in [6.07, 6.45) is 0. The number of sulfonamides is 1. The van der Waals surface area contributed by atoms with Crippen molar-refractivity contribution in [1.29, 1.82) is 0 Å². The van der Waals surface area contributed by atoms with Gasteiger partial charge in [0.05, 0.1) is 12.0 Å². The summed E-state index contributed by atoms with van der Waals surface area (Å²) in [6, 6.07) is 8.73. The Morgan fingerprint density at radius 2 is 1.83 bits per heavy atom. The van der Waals surface area contributed by atoms with Crippen LogP contribution < -0.4 is 4.74 Å². The van der Waals surface area contributed by atoms with Crippen molar-refractivity contribution >= 4 is 15.7 Å². The number of nitro groups is 1. The third-order valence-electron chi connectivity index (χ3n) is 3.36. The molecule has 0 saturated heterocycles. The summed E-state index contributed by atoms with van der Waals surface area (Å²) in [5.41, 5.74) is 0.219. The van der Waals surface area contributed by atoms with Gasteiger partial charge < -0.3 is 4.74 Å². The number of halogens is 1. The molecule has 2 rings (SSSR count). The van der Waals surface area contributed by atoms with Crippen LogP contribution in [0, 0.1) is 15.9 Å². The van der Waals surface area contributed by atoms with E-state index in [9.17, 15) is 22.9 Å². The molecular formula is C15H15FN2O5S. The zero-order valence-electron chi connectivity index (χ0n) is 13.0. The normalized spacial score (nSPS) is 11.5. The molecule has 24 heavy (non-hydrogen) atoms. The molecule has 0 unspecified atom stereocenters. The number of rotatable bonds is 6. The van der Waals surface area contributed by atoms with Crippen molar-refractivity contribution in [3.63, 3.8) is 0 Å². The Balaban J connectivity index is 2.39. The van der Waals surface area contributed by atoms with Gasteiger partial charge in [-0.25, -0.2) is 12.8 Å². The van der Waals surface area contributed by atoms with Crippen LogP contribution in [0.3, 0.4) is 0 Å². The first-order valence-corrected chi connectivity index (χ1v) is 8.23. The van der Waals surface area contributed by atoms with Crippen molar-refractivity contribution in [2.45, 2.75) is 11.4 Å². The molecule has 0 radical (unpaired) electrons. The Labute approximate surface area is 138 Å². The zero-order chi connectivity index (χ0) is 17.9. The Morgan fingerprint density at radius 1 is 1.21 bits per heavy atom. The predicted octanol–water partition coefficient (Wildman–Crippen LogP) is 2.56. The van der Waals surface area contributed by atoms with E-state index in [4.69, 9.17) is 4.74 Å². The van der Waals surface area contributed by atoms with Crippen LogP contribution in [0.4, 0.5) is 10.1 Å². The minimum absolute atomic E-state index is 0.00607. The Hall–Kier alpha value is -2.52. The van der Waals surface area contributed by atoms with E-state index in [0.717, 1.165) is 16.4 Å². The van der Waals surface area contributed by atoms with Gasteiger partial charge >= 0.3 is 0 Å². The highest BCUT2D eigenvalue weighted by Gasteiger charge is 2.27. The van der Waals surface area contributed by atoms with Crippen LogP contribution in [0.25, 0.3) is 0 Å². The third kappa shape index (κ3) is 3.69. The molecule has 2 aromatic carbocycles. The van der Waals surface area contributed by atoms with Gasteiger partial charge in [0.15, 0.2) is 0 Å². The van der Waals surface area contributed by atoms with E-state index in [-0.39, 0.29) is 22.9 Å². The summed E-state index contributed by atoms with van der Waals surface area (Å²) in [5, 5.41) is 10.9. The highest BCUT2D eigenvalue weighted by molar-refractivity contribution is 7.89. The van der Waals surface area contributed by atoms with E-state index in [1.165, 1.54) is 44.5 Å². The average molecular weight is 354 g/mol. The molecule has 0 aromatic heterocycles. The lowest BCUT2D eigenvalue weighted by Crippen LogP contribution is -2.27. The molecule has 0 spiro atoms. The number of non-ortho nitro benzene ring substituents is 1. The first-order chi connectivity index (χ1) is 11.3. The zero-order valence-corrected chi connectivity index (χ0v) is 13.8. The molecular weight excluding hydrogens is 339 g/mol. The van der Waals surface area contributed by atoms with Gasteiger partial charge in [-0.05, 0) is 23.8 Å². The molecule has 128 valence electrons. The molecule has 0 heterocycles. The van der Waals surface area contributed by atoms with Crippen LogP contribution in [-0.2, 0) is 16.6 Å². The number of ether oxygens (including phenoxy) is 1. The van der Waals surface area contributed by atoms with Crippen LogP contribution >= 0.6 is 0 Å². The fraction of sp³-hybridized carbons (Fsp3) is 0.200. The molecule has 0 atom stereocenters. The number of nitro benzene ring substituents is 1. The maximum absolute atomic E-state index is 12.9. The largest absolute Gasteiger partial charge is 0.495 e. The van der Waals surface area contributed by atoms with E-state index < -0.39 is 20.8 Å². The molecule has 0 aliphatic carbocycles. The molecule has 0 aliphatic heterocycles. The van der Waals surface area contributed by atoms with Crippen molar-refractivity contribution in [1.82, 2.24) is 4.31 Å². The number of methoxy groups -OCH3 is 1. The van der Waals surface area contributed by atoms with Crippen molar-refractivity contribution in [3.05, 3.63) is 64.0 Å². The van der Waals surface area contributed by atoms with E-state index in [1.54, 1.807) is 0 Å². The lowest BCUT2D eigenvalue weighted by Gasteiger charge is -2.18. The van der Waals surface area contributed by atoms with E-state index in [0.29, 0.717) is 5.56 Å². The minimum atomic E-state index is -4.04. The number of hydrogen-bond acceptors (Lipinski definition) is 5. The number of benzene rings is 2. The number of nitrogens with zero attached hydrogens (tertiary/aromatic N) is 2. The second-order valence-electron chi connectivity index (χ2n) is 4.98. The standard InChI is InChI=1S/C15H15FN2O5S/c1-17(10-11-3-5-12(16)6-4-11)24(21,22)15-9-13(18(19)20)7-8-14(15)23-2/h3-9H,10H2,1-2H3. The van der Waals surface area contributed by atoms with Gasteiger partial charge in [0.1, 0.15) is 16.5 Å². The quantitative estimate of drug-likeness (QED) is 0.587. The average Bonchev–Trinajstić information content (AvgIpc) is 2.56. The van der Waals surface area contributed by atoms with Gasteiger partial charge in [-0.2, -0.15) is 4.31 Å². The lowest BCUT2D eigenvalue weighted by molar-refractivity contribution is -0.385. The summed E-state index contributed by atoms with van der Waals surface area (Å²) in [4.78, 5) is 9.91. The summed E-state index contributed by atoms with van der Waals surface area (Å²) < 4.78 is 44.4. The molecule has 0 bridgehead atoms. The SMILES string of the molecule is COc1ccc([N+](=O)[O-])cc1S(=O)(=O)N(C)Cc1ccc(F)cc1. The van der Waals surface area contributed by atoms with Crippen molar-refractivity contribution < 1.29 is 22.5 Å². The van der Waals surface area contributed by atoms with E-state index in [1.807, 2.05) is 0 Å². The maximum Gasteiger partial charge on any atom is 0.271 e. The van der Waals surface area contributed by atoms with Gasteiger partial charge in [0.25, 0.3) is 5.69 Å². The molecule has 9 heteroatoms. The molecule has 0 aliphatic rings. The second-order valence-corrected chi connectivity index (χ2v) is 6.99. The number of hydrogen-bond donors (Lipinski definition) is 0. The Kier molecular flexibility index (Phi) is 5.15. The monoisotopic (exact) mass is 354 g/mol. The predicted molar refractivity (Wildman–Crippen MR) is 84.7 cm³/mol. The smallest absolute Gasteiger partial charge is 0.271 e. The maximum atomic E-state index is 12.9. The molecule has 0 fully saturated rings. The van der Waals surface area contributed by atoms with Crippen LogP contribution in [0.5, 0.6) is 5.75 Å². The highest BCUT2D eigenvalue weighted by atomic mass is 32.2. The minimum Gasteiger partial charge on any atom is -0.495 e.